The minimum atomic E-state index is -1.13. The number of rotatable bonds is 4. The summed E-state index contributed by atoms with van der Waals surface area (Å²) in [6, 6.07) is 7.43. The molecule has 0 saturated heterocycles. The number of hydrogen-bond acceptors (Lipinski definition) is 5. The van der Waals surface area contributed by atoms with Crippen LogP contribution in [0.4, 0.5) is 10.5 Å². The van der Waals surface area contributed by atoms with E-state index in [4.69, 9.17) is 4.74 Å². The van der Waals surface area contributed by atoms with Gasteiger partial charge in [0.2, 0.25) is 0 Å². The molecule has 0 bridgehead atoms. The molecule has 0 fully saturated rings. The van der Waals surface area contributed by atoms with Crippen LogP contribution in [-0.4, -0.2) is 28.3 Å². The maximum atomic E-state index is 11.7. The van der Waals surface area contributed by atoms with Crippen molar-refractivity contribution in [3.63, 3.8) is 0 Å². The lowest BCUT2D eigenvalue weighted by atomic mass is 10.1. The number of hydrogen-bond donors (Lipinski definition) is 3. The third-order valence-electron chi connectivity index (χ3n) is 3.38. The molecule has 0 aromatic heterocycles. The van der Waals surface area contributed by atoms with E-state index in [1.807, 2.05) is 24.3 Å². The molecule has 1 unspecified atom stereocenters. The number of carboxylic acids is 1. The number of carbonyl (C=O) groups excluding carboxylic acids is 1. The van der Waals surface area contributed by atoms with Crippen molar-refractivity contribution in [1.29, 1.82) is 0 Å². The Morgan fingerprint density at radius 3 is 2.67 bits per heavy atom. The molecule has 0 aliphatic carbocycles. The fourth-order valence-corrected chi connectivity index (χ4v) is 2.12. The molecule has 0 radical (unpaired) electrons. The summed E-state index contributed by atoms with van der Waals surface area (Å²) in [5.41, 5.74) is 2.89. The third kappa shape index (κ3) is 4.48. The minimum Gasteiger partial charge on any atom is -0.480 e. The van der Waals surface area contributed by atoms with Crippen molar-refractivity contribution in [3.05, 3.63) is 42.1 Å². The monoisotopic (exact) mass is 333 g/mol. The van der Waals surface area contributed by atoms with Crippen molar-refractivity contribution in [3.8, 4) is 0 Å². The first kappa shape index (κ1) is 17.8. The second-order valence-electron chi connectivity index (χ2n) is 6.83. The number of alkyl carbamates (subject to hydrolysis) is 1. The summed E-state index contributed by atoms with van der Waals surface area (Å²) in [7, 11) is 0. The summed E-state index contributed by atoms with van der Waals surface area (Å²) in [5, 5.41) is 13.6. The Morgan fingerprint density at radius 2 is 2.08 bits per heavy atom. The van der Waals surface area contributed by atoms with Crippen molar-refractivity contribution in [2.24, 2.45) is 0 Å². The van der Waals surface area contributed by atoms with Gasteiger partial charge in [-0.1, -0.05) is 12.1 Å². The van der Waals surface area contributed by atoms with Crippen molar-refractivity contribution < 1.29 is 19.4 Å². The van der Waals surface area contributed by atoms with Crippen LogP contribution < -0.4 is 15.8 Å². The third-order valence-corrected chi connectivity index (χ3v) is 3.38. The van der Waals surface area contributed by atoms with E-state index in [1.165, 1.54) is 0 Å². The smallest absolute Gasteiger partial charge is 0.407 e. The van der Waals surface area contributed by atoms with Gasteiger partial charge in [-0.3, -0.25) is 5.01 Å². The van der Waals surface area contributed by atoms with E-state index < -0.39 is 23.2 Å². The van der Waals surface area contributed by atoms with E-state index in [2.05, 4.69) is 10.7 Å². The number of amides is 1. The van der Waals surface area contributed by atoms with Gasteiger partial charge in [0.15, 0.2) is 5.54 Å². The van der Waals surface area contributed by atoms with E-state index in [0.29, 0.717) is 6.54 Å². The molecule has 1 amide bonds. The predicted octanol–water partition coefficient (Wildman–Crippen LogP) is 2.39. The van der Waals surface area contributed by atoms with Gasteiger partial charge >= 0.3 is 12.1 Å². The Hall–Kier alpha value is -2.54. The standard InChI is InChI=1S/C17H23N3O4/c1-16(2,3)24-15(23)18-11-12-6-5-7-13(10-12)20-9-8-17(4,19-20)14(21)22/h5-10,19H,11H2,1-4H3,(H,18,23)(H,21,22). The Labute approximate surface area is 141 Å². The molecule has 1 aromatic rings. The molecule has 24 heavy (non-hydrogen) atoms. The van der Waals surface area contributed by atoms with Crippen molar-refractivity contribution in [2.75, 3.05) is 5.01 Å². The quantitative estimate of drug-likeness (QED) is 0.784. The van der Waals surface area contributed by atoms with Crippen LogP contribution in [0, 0.1) is 0 Å². The average Bonchev–Trinajstić information content (AvgIpc) is 2.88. The van der Waals surface area contributed by atoms with Crippen LogP contribution in [0.15, 0.2) is 36.5 Å². The van der Waals surface area contributed by atoms with Crippen LogP contribution in [0.5, 0.6) is 0 Å². The Bertz CT molecular complexity index is 666. The Balaban J connectivity index is 1.99. The molecule has 1 aliphatic heterocycles. The molecule has 1 heterocycles. The number of carboxylic acid groups (broad SMARTS) is 1. The van der Waals surface area contributed by atoms with Gasteiger partial charge in [0, 0.05) is 12.7 Å². The molecule has 2 rings (SSSR count). The first-order valence-corrected chi connectivity index (χ1v) is 7.65. The van der Waals surface area contributed by atoms with Gasteiger partial charge in [-0.15, -0.1) is 0 Å². The maximum absolute atomic E-state index is 11.7. The van der Waals surface area contributed by atoms with Crippen LogP contribution in [0.25, 0.3) is 0 Å². The molecule has 7 heteroatoms. The largest absolute Gasteiger partial charge is 0.480 e. The van der Waals surface area contributed by atoms with Gasteiger partial charge in [0.05, 0.1) is 5.69 Å². The normalized spacial score (nSPS) is 20.1. The second kappa shape index (κ2) is 6.52. The average molecular weight is 333 g/mol. The van der Waals surface area contributed by atoms with E-state index >= 15 is 0 Å². The number of hydrazine groups is 1. The van der Waals surface area contributed by atoms with Gasteiger partial charge in [-0.2, -0.15) is 0 Å². The van der Waals surface area contributed by atoms with Crippen LogP contribution in [0.3, 0.4) is 0 Å². The van der Waals surface area contributed by atoms with Gasteiger partial charge in [-0.25, -0.2) is 15.0 Å². The summed E-state index contributed by atoms with van der Waals surface area (Å²) >= 11 is 0. The van der Waals surface area contributed by atoms with Crippen LogP contribution in [0.1, 0.15) is 33.3 Å². The topological polar surface area (TPSA) is 90.9 Å². The minimum absolute atomic E-state index is 0.316. The van der Waals surface area contributed by atoms with Crippen molar-refractivity contribution in [1.82, 2.24) is 10.7 Å². The lowest BCUT2D eigenvalue weighted by molar-refractivity contribution is -0.141. The second-order valence-corrected chi connectivity index (χ2v) is 6.83. The van der Waals surface area contributed by atoms with Crippen molar-refractivity contribution >= 4 is 17.7 Å². The zero-order valence-corrected chi connectivity index (χ0v) is 14.3. The molecule has 7 nitrogen and oxygen atoms in total. The predicted molar refractivity (Wildman–Crippen MR) is 90.3 cm³/mol. The highest BCUT2D eigenvalue weighted by Gasteiger charge is 2.36. The fraction of sp³-hybridized carbons (Fsp3) is 0.412. The summed E-state index contributed by atoms with van der Waals surface area (Å²) < 4.78 is 5.19. The number of anilines is 1. The molecule has 3 N–H and O–H groups in total. The lowest BCUT2D eigenvalue weighted by Gasteiger charge is -2.24. The summed E-state index contributed by atoms with van der Waals surface area (Å²) in [5.74, 6) is -0.955. The molecule has 1 atom stereocenters. The first-order valence-electron chi connectivity index (χ1n) is 7.65. The van der Waals surface area contributed by atoms with Crippen LogP contribution >= 0.6 is 0 Å². The molecular weight excluding hydrogens is 310 g/mol. The molecule has 1 aliphatic rings. The summed E-state index contributed by atoms with van der Waals surface area (Å²) in [6.07, 6.45) is 2.78. The molecular formula is C17H23N3O4. The van der Waals surface area contributed by atoms with Crippen LogP contribution in [-0.2, 0) is 16.1 Å². The summed E-state index contributed by atoms with van der Waals surface area (Å²) in [4.78, 5) is 23.0. The van der Waals surface area contributed by atoms with Gasteiger partial charge in [0.25, 0.3) is 0 Å². The molecule has 0 spiro atoms. The number of nitrogens with one attached hydrogen (secondary N) is 2. The van der Waals surface area contributed by atoms with Gasteiger partial charge in [-0.05, 0) is 51.5 Å². The Kier molecular flexibility index (Phi) is 4.84. The number of carbonyl (C=O) groups is 2. The van der Waals surface area contributed by atoms with E-state index in [-0.39, 0.29) is 0 Å². The van der Waals surface area contributed by atoms with Crippen LogP contribution in [0.2, 0.25) is 0 Å². The number of nitrogens with zero attached hydrogens (tertiary/aromatic N) is 1. The molecule has 130 valence electrons. The van der Waals surface area contributed by atoms with Gasteiger partial charge < -0.3 is 15.2 Å². The van der Waals surface area contributed by atoms with Gasteiger partial charge in [0.1, 0.15) is 5.60 Å². The zero-order chi connectivity index (χ0) is 18.0. The zero-order valence-electron chi connectivity index (χ0n) is 14.3. The highest BCUT2D eigenvalue weighted by atomic mass is 16.6. The lowest BCUT2D eigenvalue weighted by Crippen LogP contribution is -2.50. The fourth-order valence-electron chi connectivity index (χ4n) is 2.12. The molecule has 1 aromatic carbocycles. The SMILES string of the molecule is CC(C)(C)OC(=O)NCc1cccc(N2C=CC(C)(C(=O)O)N2)c1. The van der Waals surface area contributed by atoms with E-state index in [0.717, 1.165) is 11.3 Å². The highest BCUT2D eigenvalue weighted by Crippen LogP contribution is 2.22. The number of ether oxygens (including phenoxy) is 1. The van der Waals surface area contributed by atoms with Crippen molar-refractivity contribution in [2.45, 2.75) is 45.4 Å². The number of benzene rings is 1. The molecule has 0 saturated carbocycles. The number of aliphatic carboxylic acids is 1. The first-order chi connectivity index (χ1) is 11.1. The highest BCUT2D eigenvalue weighted by molar-refractivity contribution is 5.82. The van der Waals surface area contributed by atoms with E-state index in [1.54, 1.807) is 45.0 Å². The summed E-state index contributed by atoms with van der Waals surface area (Å²) in [6.45, 7) is 7.31. The maximum Gasteiger partial charge on any atom is 0.407 e. The Morgan fingerprint density at radius 1 is 1.38 bits per heavy atom. The van der Waals surface area contributed by atoms with E-state index in [9.17, 15) is 14.7 Å².